The van der Waals surface area contributed by atoms with E-state index in [1.165, 1.54) is 6.42 Å². The Morgan fingerprint density at radius 1 is 1.65 bits per heavy atom. The highest BCUT2D eigenvalue weighted by atomic mass is 32.2. The van der Waals surface area contributed by atoms with Crippen LogP contribution in [0.2, 0.25) is 0 Å². The number of amidine groups is 1. The van der Waals surface area contributed by atoms with Gasteiger partial charge in [-0.05, 0) is 12.3 Å². The fraction of sp³-hybridized carbons (Fsp3) is 0.727. The Morgan fingerprint density at radius 3 is 3.12 bits per heavy atom. The lowest BCUT2D eigenvalue weighted by atomic mass is 10.1. The molecule has 0 amide bonds. The molecule has 1 aromatic rings. The Morgan fingerprint density at radius 2 is 2.47 bits per heavy atom. The number of aryl methyl sites for hydroxylation is 1. The van der Waals surface area contributed by atoms with Gasteiger partial charge in [0.1, 0.15) is 12.9 Å². The zero-order valence-electron chi connectivity index (χ0n) is 10.6. The summed E-state index contributed by atoms with van der Waals surface area (Å²) >= 11 is 1.80. The van der Waals surface area contributed by atoms with Crippen molar-refractivity contribution in [3.8, 4) is 0 Å². The van der Waals surface area contributed by atoms with Crippen LogP contribution in [0.3, 0.4) is 0 Å². The van der Waals surface area contributed by atoms with E-state index < -0.39 is 0 Å². The first-order valence-corrected chi connectivity index (χ1v) is 6.90. The molecule has 6 heteroatoms. The molecule has 0 spiro atoms. The van der Waals surface area contributed by atoms with Gasteiger partial charge in [-0.3, -0.25) is 4.99 Å². The minimum Gasteiger partial charge on any atom is -0.361 e. The van der Waals surface area contributed by atoms with Crippen molar-refractivity contribution >= 4 is 16.9 Å². The summed E-state index contributed by atoms with van der Waals surface area (Å²) in [4.78, 5) is 4.53. The lowest BCUT2D eigenvalue weighted by molar-refractivity contribution is 0.502. The Kier molecular flexibility index (Phi) is 4.04. The molecular formula is C11H19N5S. The summed E-state index contributed by atoms with van der Waals surface area (Å²) in [6, 6.07) is 0.568. The third-order valence-electron chi connectivity index (χ3n) is 2.67. The van der Waals surface area contributed by atoms with Crippen LogP contribution in [0.1, 0.15) is 26.1 Å². The molecular weight excluding hydrogens is 234 g/mol. The second-order valence-electron chi connectivity index (χ2n) is 4.76. The van der Waals surface area contributed by atoms with Crippen LogP contribution in [0.5, 0.6) is 0 Å². The number of hydrogen-bond donors (Lipinski definition) is 1. The first-order valence-electron chi connectivity index (χ1n) is 5.92. The average molecular weight is 253 g/mol. The normalized spacial score (nSPS) is 22.4. The van der Waals surface area contributed by atoms with Gasteiger partial charge in [0.2, 0.25) is 0 Å². The SMILES string of the molecule is CC(C)CC1CSC(=NCc2nncn2C)N1. The van der Waals surface area contributed by atoms with Gasteiger partial charge in [0.05, 0.1) is 0 Å². The van der Waals surface area contributed by atoms with Crippen molar-refractivity contribution in [2.24, 2.45) is 18.0 Å². The average Bonchev–Trinajstić information content (AvgIpc) is 2.84. The van der Waals surface area contributed by atoms with Crippen molar-refractivity contribution < 1.29 is 0 Å². The maximum Gasteiger partial charge on any atom is 0.157 e. The fourth-order valence-corrected chi connectivity index (χ4v) is 2.80. The number of nitrogens with one attached hydrogen (secondary N) is 1. The molecule has 1 aliphatic rings. The van der Waals surface area contributed by atoms with Gasteiger partial charge in [-0.2, -0.15) is 0 Å². The topological polar surface area (TPSA) is 55.1 Å². The van der Waals surface area contributed by atoms with Crippen LogP contribution in [0.25, 0.3) is 0 Å². The summed E-state index contributed by atoms with van der Waals surface area (Å²) in [5.41, 5.74) is 0. The fourth-order valence-electron chi connectivity index (χ4n) is 1.82. The maximum absolute atomic E-state index is 4.53. The zero-order chi connectivity index (χ0) is 12.3. The zero-order valence-corrected chi connectivity index (χ0v) is 11.4. The van der Waals surface area contributed by atoms with Crippen LogP contribution in [-0.4, -0.2) is 31.7 Å². The summed E-state index contributed by atoms with van der Waals surface area (Å²) in [7, 11) is 1.94. The molecule has 2 rings (SSSR count). The molecule has 17 heavy (non-hydrogen) atoms. The number of thioether (sulfide) groups is 1. The third kappa shape index (κ3) is 3.46. The molecule has 1 atom stereocenters. The van der Waals surface area contributed by atoms with Crippen molar-refractivity contribution in [1.29, 1.82) is 0 Å². The molecule has 2 heterocycles. The number of aromatic nitrogens is 3. The molecule has 0 aliphatic carbocycles. The summed E-state index contributed by atoms with van der Waals surface area (Å²) in [6.07, 6.45) is 2.91. The highest BCUT2D eigenvalue weighted by molar-refractivity contribution is 8.14. The van der Waals surface area contributed by atoms with Crippen molar-refractivity contribution in [2.45, 2.75) is 32.9 Å². The van der Waals surface area contributed by atoms with Crippen LogP contribution in [0, 0.1) is 5.92 Å². The summed E-state index contributed by atoms with van der Waals surface area (Å²) in [5.74, 6) is 2.74. The second kappa shape index (κ2) is 5.53. The minimum atomic E-state index is 0.568. The largest absolute Gasteiger partial charge is 0.361 e. The monoisotopic (exact) mass is 253 g/mol. The standard InChI is InChI=1S/C11H19N5S/c1-8(2)4-9-6-17-11(14-9)12-5-10-15-13-7-16(10)3/h7-9H,4-6H2,1-3H3,(H,12,14). The van der Waals surface area contributed by atoms with Gasteiger partial charge < -0.3 is 9.88 Å². The van der Waals surface area contributed by atoms with Crippen LogP contribution in [0.4, 0.5) is 0 Å². The molecule has 0 bridgehead atoms. The molecule has 0 radical (unpaired) electrons. The van der Waals surface area contributed by atoms with Gasteiger partial charge in [-0.25, -0.2) is 0 Å². The second-order valence-corrected chi connectivity index (χ2v) is 5.77. The number of aliphatic imine (C=N–C) groups is 1. The Hall–Kier alpha value is -1.04. The van der Waals surface area contributed by atoms with Crippen LogP contribution < -0.4 is 5.32 Å². The molecule has 0 aromatic carbocycles. The molecule has 94 valence electrons. The Balaban J connectivity index is 1.86. The van der Waals surface area contributed by atoms with Crippen molar-refractivity contribution in [3.05, 3.63) is 12.2 Å². The molecule has 5 nitrogen and oxygen atoms in total. The molecule has 1 saturated heterocycles. The van der Waals surface area contributed by atoms with Crippen molar-refractivity contribution in [2.75, 3.05) is 5.75 Å². The Bertz CT molecular complexity index is 398. The maximum atomic E-state index is 4.53. The Labute approximate surface area is 106 Å². The van der Waals surface area contributed by atoms with E-state index >= 15 is 0 Å². The molecule has 1 aromatic heterocycles. The molecule has 1 N–H and O–H groups in total. The van der Waals surface area contributed by atoms with E-state index in [9.17, 15) is 0 Å². The van der Waals surface area contributed by atoms with Gasteiger partial charge in [-0.15, -0.1) is 10.2 Å². The van der Waals surface area contributed by atoms with Crippen LogP contribution >= 0.6 is 11.8 Å². The number of rotatable bonds is 4. The highest BCUT2D eigenvalue weighted by Crippen LogP contribution is 2.19. The molecule has 1 aliphatic heterocycles. The predicted molar refractivity (Wildman–Crippen MR) is 71.0 cm³/mol. The quantitative estimate of drug-likeness (QED) is 0.882. The minimum absolute atomic E-state index is 0.568. The van der Waals surface area contributed by atoms with Gasteiger partial charge in [0, 0.05) is 18.8 Å². The molecule has 1 unspecified atom stereocenters. The van der Waals surface area contributed by atoms with Gasteiger partial charge in [-0.1, -0.05) is 25.6 Å². The van der Waals surface area contributed by atoms with Crippen molar-refractivity contribution in [3.63, 3.8) is 0 Å². The van der Waals surface area contributed by atoms with Gasteiger partial charge in [0.25, 0.3) is 0 Å². The summed E-state index contributed by atoms with van der Waals surface area (Å²) < 4.78 is 1.90. The number of hydrogen-bond acceptors (Lipinski definition) is 4. The van der Waals surface area contributed by atoms with E-state index in [4.69, 9.17) is 0 Å². The van der Waals surface area contributed by atoms with Crippen LogP contribution in [0.15, 0.2) is 11.3 Å². The van der Waals surface area contributed by atoms with E-state index in [0.717, 1.165) is 22.7 Å². The number of nitrogens with zero attached hydrogens (tertiary/aromatic N) is 4. The van der Waals surface area contributed by atoms with Gasteiger partial charge >= 0.3 is 0 Å². The van der Waals surface area contributed by atoms with E-state index in [0.29, 0.717) is 12.6 Å². The lowest BCUT2D eigenvalue weighted by Gasteiger charge is -2.11. The van der Waals surface area contributed by atoms with Crippen molar-refractivity contribution in [1.82, 2.24) is 20.1 Å². The van der Waals surface area contributed by atoms with E-state index in [1.807, 2.05) is 11.6 Å². The summed E-state index contributed by atoms with van der Waals surface area (Å²) in [6.45, 7) is 5.10. The lowest BCUT2D eigenvalue weighted by Crippen LogP contribution is -2.28. The third-order valence-corrected chi connectivity index (χ3v) is 3.76. The first-order chi connectivity index (χ1) is 8.15. The van der Waals surface area contributed by atoms with E-state index in [2.05, 4.69) is 34.4 Å². The predicted octanol–water partition coefficient (Wildman–Crippen LogP) is 1.42. The first kappa shape index (κ1) is 12.4. The smallest absolute Gasteiger partial charge is 0.157 e. The highest BCUT2D eigenvalue weighted by Gasteiger charge is 2.20. The van der Waals surface area contributed by atoms with E-state index in [-0.39, 0.29) is 0 Å². The van der Waals surface area contributed by atoms with E-state index in [1.54, 1.807) is 18.1 Å². The summed E-state index contributed by atoms with van der Waals surface area (Å²) in [5, 5.41) is 12.4. The molecule has 1 fully saturated rings. The van der Waals surface area contributed by atoms with Crippen LogP contribution in [-0.2, 0) is 13.6 Å². The molecule has 0 saturated carbocycles. The van der Waals surface area contributed by atoms with Gasteiger partial charge in [0.15, 0.2) is 11.0 Å².